The zero-order valence-corrected chi connectivity index (χ0v) is 16.7. The quantitative estimate of drug-likeness (QED) is 0.694. The molecule has 6 heteroatoms. The topological polar surface area (TPSA) is 62.5 Å². The molecule has 6 nitrogen and oxygen atoms in total. The molecule has 0 bridgehead atoms. The Balaban J connectivity index is 1.66. The third-order valence-electron chi connectivity index (χ3n) is 5.20. The number of hydrogen-bond acceptors (Lipinski definition) is 5. The lowest BCUT2D eigenvalue weighted by atomic mass is 10.0. The number of aryl methyl sites for hydroxylation is 1. The van der Waals surface area contributed by atoms with Crippen molar-refractivity contribution in [3.05, 3.63) is 47.7 Å². The molecule has 3 aromatic rings. The fourth-order valence-corrected chi connectivity index (χ4v) is 3.84. The summed E-state index contributed by atoms with van der Waals surface area (Å²) in [6, 6.07) is 11.7. The average molecular weight is 378 g/mol. The molecule has 1 fully saturated rings. The Labute approximate surface area is 165 Å². The summed E-state index contributed by atoms with van der Waals surface area (Å²) in [6.07, 6.45) is 0. The number of nitrogens with zero attached hydrogens (tertiary/aromatic N) is 4. The van der Waals surface area contributed by atoms with Crippen molar-refractivity contribution in [3.8, 4) is 11.3 Å². The summed E-state index contributed by atoms with van der Waals surface area (Å²) in [7, 11) is 0. The van der Waals surface area contributed by atoms with E-state index in [-0.39, 0.29) is 5.91 Å². The molecular formula is C22H26N4O2. The van der Waals surface area contributed by atoms with Crippen LogP contribution in [0.3, 0.4) is 0 Å². The van der Waals surface area contributed by atoms with Gasteiger partial charge in [0.05, 0.1) is 22.3 Å². The number of carbonyl (C=O) groups excluding carboxylic acids is 1. The van der Waals surface area contributed by atoms with Crippen molar-refractivity contribution in [1.29, 1.82) is 0 Å². The lowest BCUT2D eigenvalue weighted by Crippen LogP contribution is -2.49. The van der Waals surface area contributed by atoms with Crippen molar-refractivity contribution < 1.29 is 9.32 Å². The van der Waals surface area contributed by atoms with Crippen LogP contribution in [0.15, 0.2) is 40.9 Å². The van der Waals surface area contributed by atoms with Crippen LogP contribution < -0.4 is 0 Å². The Morgan fingerprint density at radius 1 is 1.14 bits per heavy atom. The van der Waals surface area contributed by atoms with E-state index < -0.39 is 0 Å². The van der Waals surface area contributed by atoms with Crippen molar-refractivity contribution in [2.45, 2.75) is 20.8 Å². The van der Waals surface area contributed by atoms with Crippen molar-refractivity contribution in [1.82, 2.24) is 19.9 Å². The number of pyridine rings is 1. The van der Waals surface area contributed by atoms with Crippen LogP contribution in [-0.4, -0.2) is 58.6 Å². The van der Waals surface area contributed by atoms with Crippen molar-refractivity contribution in [2.24, 2.45) is 5.92 Å². The Kier molecular flexibility index (Phi) is 5.13. The highest BCUT2D eigenvalue weighted by Crippen LogP contribution is 2.28. The van der Waals surface area contributed by atoms with E-state index in [9.17, 15) is 4.79 Å². The summed E-state index contributed by atoms with van der Waals surface area (Å²) in [4.78, 5) is 22.3. The van der Waals surface area contributed by atoms with Gasteiger partial charge in [-0.05, 0) is 18.9 Å². The summed E-state index contributed by atoms with van der Waals surface area (Å²) in [5, 5.41) is 4.76. The zero-order valence-electron chi connectivity index (χ0n) is 16.7. The molecule has 1 aromatic carbocycles. The largest absolute Gasteiger partial charge is 0.336 e. The first kappa shape index (κ1) is 18.6. The molecular weight excluding hydrogens is 352 g/mol. The normalized spacial score (nSPS) is 15.5. The fraction of sp³-hybridized carbons (Fsp3) is 0.409. The highest BCUT2D eigenvalue weighted by atomic mass is 16.5. The SMILES string of the molecule is Cc1noc2nc(-c3ccccc3)cc(C(=O)N3CCN(CC(C)C)CC3)c12. The van der Waals surface area contributed by atoms with Crippen LogP contribution in [0.1, 0.15) is 29.9 Å². The van der Waals surface area contributed by atoms with Crippen LogP contribution in [0.5, 0.6) is 0 Å². The summed E-state index contributed by atoms with van der Waals surface area (Å²) in [5.41, 5.74) is 3.42. The maximum atomic E-state index is 13.4. The van der Waals surface area contributed by atoms with Crippen LogP contribution in [0.25, 0.3) is 22.4 Å². The minimum Gasteiger partial charge on any atom is -0.336 e. The molecule has 1 saturated heterocycles. The second kappa shape index (κ2) is 7.72. The summed E-state index contributed by atoms with van der Waals surface area (Å²) in [6.45, 7) is 10.7. The molecule has 1 aliphatic heterocycles. The molecule has 0 aliphatic carbocycles. The van der Waals surface area contributed by atoms with Crippen LogP contribution in [0.4, 0.5) is 0 Å². The smallest absolute Gasteiger partial charge is 0.259 e. The second-order valence-corrected chi connectivity index (χ2v) is 7.86. The highest BCUT2D eigenvalue weighted by Gasteiger charge is 2.26. The van der Waals surface area contributed by atoms with Gasteiger partial charge in [0.15, 0.2) is 0 Å². The number of rotatable bonds is 4. The highest BCUT2D eigenvalue weighted by molar-refractivity contribution is 6.07. The maximum Gasteiger partial charge on any atom is 0.259 e. The Bertz CT molecular complexity index is 973. The fourth-order valence-electron chi connectivity index (χ4n) is 3.84. The number of amides is 1. The number of piperazine rings is 1. The standard InChI is InChI=1S/C22H26N4O2/c1-15(2)14-25-9-11-26(12-10-25)22(27)18-13-19(17-7-5-4-6-8-17)23-21-20(18)16(3)24-28-21/h4-8,13,15H,9-12,14H2,1-3H3. The van der Waals surface area contributed by atoms with E-state index in [0.717, 1.165) is 44.0 Å². The monoisotopic (exact) mass is 378 g/mol. The summed E-state index contributed by atoms with van der Waals surface area (Å²) < 4.78 is 5.41. The van der Waals surface area contributed by atoms with Gasteiger partial charge in [0.2, 0.25) is 0 Å². The molecule has 2 aromatic heterocycles. The minimum absolute atomic E-state index is 0.0279. The van der Waals surface area contributed by atoms with E-state index in [4.69, 9.17) is 4.52 Å². The second-order valence-electron chi connectivity index (χ2n) is 7.86. The van der Waals surface area contributed by atoms with Crippen molar-refractivity contribution in [3.63, 3.8) is 0 Å². The number of aromatic nitrogens is 2. The lowest BCUT2D eigenvalue weighted by molar-refractivity contribution is 0.0625. The number of benzene rings is 1. The first-order valence-electron chi connectivity index (χ1n) is 9.87. The van der Waals surface area contributed by atoms with E-state index in [1.54, 1.807) is 0 Å². The van der Waals surface area contributed by atoms with E-state index in [0.29, 0.717) is 28.3 Å². The predicted molar refractivity (Wildman–Crippen MR) is 109 cm³/mol. The summed E-state index contributed by atoms with van der Waals surface area (Å²) in [5.74, 6) is 0.662. The molecule has 0 atom stereocenters. The molecule has 3 heterocycles. The maximum absolute atomic E-state index is 13.4. The van der Waals surface area contributed by atoms with Crippen LogP contribution >= 0.6 is 0 Å². The van der Waals surface area contributed by atoms with Gasteiger partial charge in [0.1, 0.15) is 0 Å². The van der Waals surface area contributed by atoms with Crippen LogP contribution in [0, 0.1) is 12.8 Å². The van der Waals surface area contributed by atoms with Crippen LogP contribution in [0.2, 0.25) is 0 Å². The van der Waals surface area contributed by atoms with Gasteiger partial charge in [-0.2, -0.15) is 0 Å². The molecule has 0 unspecified atom stereocenters. The number of fused-ring (bicyclic) bond motifs is 1. The van der Waals surface area contributed by atoms with Gasteiger partial charge in [-0.1, -0.05) is 49.3 Å². The molecule has 4 rings (SSSR count). The van der Waals surface area contributed by atoms with E-state index in [1.807, 2.05) is 48.2 Å². The van der Waals surface area contributed by atoms with E-state index in [1.165, 1.54) is 0 Å². The molecule has 0 radical (unpaired) electrons. The molecule has 28 heavy (non-hydrogen) atoms. The van der Waals surface area contributed by atoms with Gasteiger partial charge in [-0.25, -0.2) is 4.98 Å². The molecule has 1 aliphatic rings. The Morgan fingerprint density at radius 2 is 1.86 bits per heavy atom. The van der Waals surface area contributed by atoms with E-state index >= 15 is 0 Å². The van der Waals surface area contributed by atoms with Gasteiger partial charge in [0.25, 0.3) is 11.6 Å². The lowest BCUT2D eigenvalue weighted by Gasteiger charge is -2.35. The van der Waals surface area contributed by atoms with Gasteiger partial charge in [0, 0.05) is 38.3 Å². The molecule has 146 valence electrons. The number of hydrogen-bond donors (Lipinski definition) is 0. The molecule has 1 amide bonds. The average Bonchev–Trinajstić information content (AvgIpc) is 3.08. The third kappa shape index (κ3) is 3.64. The Hall–Kier alpha value is -2.73. The van der Waals surface area contributed by atoms with Gasteiger partial charge >= 0.3 is 0 Å². The summed E-state index contributed by atoms with van der Waals surface area (Å²) >= 11 is 0. The zero-order chi connectivity index (χ0) is 19.7. The molecule has 0 spiro atoms. The van der Waals surface area contributed by atoms with Gasteiger partial charge in [-0.15, -0.1) is 0 Å². The number of carbonyl (C=O) groups is 1. The third-order valence-corrected chi connectivity index (χ3v) is 5.20. The van der Waals surface area contributed by atoms with Crippen molar-refractivity contribution >= 4 is 17.0 Å². The minimum atomic E-state index is 0.0279. The first-order chi connectivity index (χ1) is 13.5. The van der Waals surface area contributed by atoms with Gasteiger partial charge in [-0.3, -0.25) is 9.69 Å². The van der Waals surface area contributed by atoms with Crippen LogP contribution in [-0.2, 0) is 0 Å². The van der Waals surface area contributed by atoms with Gasteiger partial charge < -0.3 is 9.42 Å². The van der Waals surface area contributed by atoms with E-state index in [2.05, 4.69) is 28.9 Å². The first-order valence-corrected chi connectivity index (χ1v) is 9.87. The molecule has 0 N–H and O–H groups in total. The molecule has 0 saturated carbocycles. The Morgan fingerprint density at radius 3 is 2.54 bits per heavy atom. The van der Waals surface area contributed by atoms with Crippen molar-refractivity contribution in [2.75, 3.05) is 32.7 Å². The predicted octanol–water partition coefficient (Wildman–Crippen LogP) is 3.61.